The minimum atomic E-state index is -1.03. The van der Waals surface area contributed by atoms with E-state index in [0.29, 0.717) is 0 Å². The van der Waals surface area contributed by atoms with Crippen LogP contribution >= 0.6 is 0 Å². The first-order valence-electron chi connectivity index (χ1n) is 6.51. The van der Waals surface area contributed by atoms with Crippen molar-refractivity contribution in [3.8, 4) is 0 Å². The Bertz CT molecular complexity index is 286. The fourth-order valence-electron chi connectivity index (χ4n) is 2.50. The molecule has 0 amide bonds. The molecule has 2 rings (SSSR count). The first kappa shape index (κ1) is 12.3. The van der Waals surface area contributed by atoms with E-state index in [4.69, 9.17) is 14.6 Å². The van der Waals surface area contributed by atoms with E-state index in [1.54, 1.807) is 0 Å². The Balaban J connectivity index is 1.85. The first-order chi connectivity index (χ1) is 8.25. The molecule has 0 aromatic carbocycles. The van der Waals surface area contributed by atoms with Crippen molar-refractivity contribution in [3.05, 3.63) is 12.0 Å². The molecule has 0 heterocycles. The van der Waals surface area contributed by atoms with Crippen molar-refractivity contribution in [3.63, 3.8) is 0 Å². The number of aliphatic carboxylic acids is 1. The average molecular weight is 240 g/mol. The van der Waals surface area contributed by atoms with Crippen LogP contribution in [0.3, 0.4) is 0 Å². The van der Waals surface area contributed by atoms with Crippen LogP contribution in [-0.4, -0.2) is 23.3 Å². The lowest BCUT2D eigenvalue weighted by atomic mass is 10.3. The molecule has 0 unspecified atom stereocenters. The lowest BCUT2D eigenvalue weighted by Gasteiger charge is -2.14. The van der Waals surface area contributed by atoms with E-state index >= 15 is 0 Å². The molecule has 2 aliphatic rings. The lowest BCUT2D eigenvalue weighted by molar-refractivity contribution is -0.138. The molecule has 96 valence electrons. The Hall–Kier alpha value is -1.19. The predicted molar refractivity (Wildman–Crippen MR) is 62.4 cm³/mol. The predicted octanol–water partition coefficient (Wildman–Crippen LogP) is 2.83. The molecular weight excluding hydrogens is 220 g/mol. The molecule has 0 atom stereocenters. The summed E-state index contributed by atoms with van der Waals surface area (Å²) < 4.78 is 10.9. The SMILES string of the molecule is O=C(O)C(=COC1CCCC1)OC1CCCC1. The molecule has 0 aromatic rings. The molecule has 0 bridgehead atoms. The highest BCUT2D eigenvalue weighted by atomic mass is 16.5. The van der Waals surface area contributed by atoms with Crippen LogP contribution in [-0.2, 0) is 14.3 Å². The Morgan fingerprint density at radius 1 is 1.00 bits per heavy atom. The van der Waals surface area contributed by atoms with Gasteiger partial charge in [-0.1, -0.05) is 0 Å². The van der Waals surface area contributed by atoms with E-state index in [-0.39, 0.29) is 18.0 Å². The second-order valence-electron chi connectivity index (χ2n) is 4.85. The number of carboxylic acids is 1. The standard InChI is InChI=1S/C13H20O4/c14-13(15)12(17-11-7-3-4-8-11)9-16-10-5-1-2-6-10/h9-11H,1-8H2,(H,14,15). The summed E-state index contributed by atoms with van der Waals surface area (Å²) in [6, 6.07) is 0. The smallest absolute Gasteiger partial charge is 0.374 e. The normalized spacial score (nSPS) is 22.9. The van der Waals surface area contributed by atoms with Gasteiger partial charge < -0.3 is 14.6 Å². The molecule has 0 radical (unpaired) electrons. The van der Waals surface area contributed by atoms with Crippen LogP contribution in [0, 0.1) is 0 Å². The number of carbonyl (C=O) groups is 1. The highest BCUT2D eigenvalue weighted by Crippen LogP contribution is 2.25. The largest absolute Gasteiger partial charge is 0.494 e. The molecule has 2 aliphatic carbocycles. The summed E-state index contributed by atoms with van der Waals surface area (Å²) in [5, 5.41) is 9.03. The lowest BCUT2D eigenvalue weighted by Crippen LogP contribution is -2.15. The summed E-state index contributed by atoms with van der Waals surface area (Å²) >= 11 is 0. The maximum Gasteiger partial charge on any atom is 0.374 e. The van der Waals surface area contributed by atoms with E-state index in [0.717, 1.165) is 38.5 Å². The van der Waals surface area contributed by atoms with Gasteiger partial charge in [-0.25, -0.2) is 4.79 Å². The van der Waals surface area contributed by atoms with Crippen molar-refractivity contribution < 1.29 is 19.4 Å². The average Bonchev–Trinajstić information content (AvgIpc) is 2.97. The van der Waals surface area contributed by atoms with Gasteiger partial charge in [0.05, 0.1) is 12.2 Å². The second kappa shape index (κ2) is 5.94. The zero-order valence-electron chi connectivity index (χ0n) is 10.1. The fraction of sp³-hybridized carbons (Fsp3) is 0.769. The van der Waals surface area contributed by atoms with Crippen molar-refractivity contribution in [2.45, 2.75) is 63.6 Å². The third-order valence-electron chi connectivity index (χ3n) is 3.48. The molecule has 4 heteroatoms. The molecule has 2 fully saturated rings. The fourth-order valence-corrected chi connectivity index (χ4v) is 2.50. The quantitative estimate of drug-likeness (QED) is 0.593. The molecular formula is C13H20O4. The highest BCUT2D eigenvalue weighted by Gasteiger charge is 2.22. The number of hydrogen-bond donors (Lipinski definition) is 1. The van der Waals surface area contributed by atoms with Crippen molar-refractivity contribution >= 4 is 5.97 Å². The van der Waals surface area contributed by atoms with Crippen molar-refractivity contribution in [2.75, 3.05) is 0 Å². The number of rotatable bonds is 5. The van der Waals surface area contributed by atoms with Crippen LogP contribution in [0.25, 0.3) is 0 Å². The molecule has 0 saturated heterocycles. The zero-order chi connectivity index (χ0) is 12.1. The van der Waals surface area contributed by atoms with Gasteiger partial charge in [-0.15, -0.1) is 0 Å². The van der Waals surface area contributed by atoms with E-state index < -0.39 is 5.97 Å². The van der Waals surface area contributed by atoms with Crippen LogP contribution in [0.5, 0.6) is 0 Å². The number of carboxylic acid groups (broad SMARTS) is 1. The molecule has 0 spiro atoms. The van der Waals surface area contributed by atoms with Crippen LogP contribution in [0.15, 0.2) is 12.0 Å². The van der Waals surface area contributed by atoms with Gasteiger partial charge in [-0.2, -0.15) is 0 Å². The van der Waals surface area contributed by atoms with Gasteiger partial charge in [0.25, 0.3) is 0 Å². The topological polar surface area (TPSA) is 55.8 Å². The van der Waals surface area contributed by atoms with Crippen LogP contribution in [0.4, 0.5) is 0 Å². The Morgan fingerprint density at radius 3 is 2.06 bits per heavy atom. The van der Waals surface area contributed by atoms with Gasteiger partial charge in [0.15, 0.2) is 0 Å². The summed E-state index contributed by atoms with van der Waals surface area (Å²) in [6.07, 6.45) is 10.1. The number of ether oxygens (including phenoxy) is 2. The van der Waals surface area contributed by atoms with E-state index in [1.807, 2.05) is 0 Å². The van der Waals surface area contributed by atoms with Gasteiger partial charge in [-0.05, 0) is 51.4 Å². The molecule has 4 nitrogen and oxygen atoms in total. The van der Waals surface area contributed by atoms with Crippen molar-refractivity contribution in [1.29, 1.82) is 0 Å². The minimum absolute atomic E-state index is 0.0381. The Kier molecular flexibility index (Phi) is 4.29. The third-order valence-corrected chi connectivity index (χ3v) is 3.48. The Morgan fingerprint density at radius 2 is 1.53 bits per heavy atom. The zero-order valence-corrected chi connectivity index (χ0v) is 10.1. The summed E-state index contributed by atoms with van der Waals surface area (Å²) in [6.45, 7) is 0. The van der Waals surface area contributed by atoms with Gasteiger partial charge >= 0.3 is 5.97 Å². The van der Waals surface area contributed by atoms with Gasteiger partial charge in [0.2, 0.25) is 5.76 Å². The summed E-state index contributed by atoms with van der Waals surface area (Å²) in [5.41, 5.74) is 0. The van der Waals surface area contributed by atoms with E-state index in [2.05, 4.69) is 0 Å². The van der Waals surface area contributed by atoms with Crippen LogP contribution < -0.4 is 0 Å². The third kappa shape index (κ3) is 3.65. The second-order valence-corrected chi connectivity index (χ2v) is 4.85. The molecule has 17 heavy (non-hydrogen) atoms. The van der Waals surface area contributed by atoms with E-state index in [1.165, 1.54) is 19.1 Å². The van der Waals surface area contributed by atoms with Crippen LogP contribution in [0.2, 0.25) is 0 Å². The Labute approximate surface area is 102 Å². The molecule has 0 aromatic heterocycles. The molecule has 1 N–H and O–H groups in total. The molecule has 2 saturated carbocycles. The summed E-state index contributed by atoms with van der Waals surface area (Å²) in [5.74, 6) is -1.07. The molecule has 0 aliphatic heterocycles. The van der Waals surface area contributed by atoms with Crippen molar-refractivity contribution in [2.24, 2.45) is 0 Å². The first-order valence-corrected chi connectivity index (χ1v) is 6.51. The van der Waals surface area contributed by atoms with Gasteiger partial charge in [0.1, 0.15) is 6.26 Å². The number of hydrogen-bond acceptors (Lipinski definition) is 3. The summed E-state index contributed by atoms with van der Waals surface area (Å²) in [4.78, 5) is 11.0. The monoisotopic (exact) mass is 240 g/mol. The maximum absolute atomic E-state index is 11.0. The maximum atomic E-state index is 11.0. The van der Waals surface area contributed by atoms with Gasteiger partial charge in [0, 0.05) is 0 Å². The summed E-state index contributed by atoms with van der Waals surface area (Å²) in [7, 11) is 0. The van der Waals surface area contributed by atoms with E-state index in [9.17, 15) is 4.79 Å². The highest BCUT2D eigenvalue weighted by molar-refractivity contribution is 5.83. The van der Waals surface area contributed by atoms with Crippen molar-refractivity contribution in [1.82, 2.24) is 0 Å². The van der Waals surface area contributed by atoms with Gasteiger partial charge in [-0.3, -0.25) is 0 Å². The van der Waals surface area contributed by atoms with Crippen LogP contribution in [0.1, 0.15) is 51.4 Å². The minimum Gasteiger partial charge on any atom is -0.494 e.